The zero-order chi connectivity index (χ0) is 13.3. The molecule has 1 fully saturated rings. The number of benzene rings is 1. The first-order valence-corrected chi connectivity index (χ1v) is 6.80. The van der Waals surface area contributed by atoms with Gasteiger partial charge in [-0.25, -0.2) is 0 Å². The molecule has 2 rings (SSSR count). The van der Waals surface area contributed by atoms with Crippen LogP contribution in [0.5, 0.6) is 0 Å². The lowest BCUT2D eigenvalue weighted by atomic mass is 10.0. The Kier molecular flexibility index (Phi) is 4.10. The first-order valence-electron chi connectivity index (χ1n) is 6.01. The molecule has 1 aromatic rings. The van der Waals surface area contributed by atoms with Crippen LogP contribution in [0.15, 0.2) is 18.2 Å². The number of nitrogens with two attached hydrogens (primary N) is 1. The molecule has 98 valence electrons. The summed E-state index contributed by atoms with van der Waals surface area (Å²) in [6.45, 7) is 3.26. The second-order valence-electron chi connectivity index (χ2n) is 4.74. The summed E-state index contributed by atoms with van der Waals surface area (Å²) in [4.78, 5) is 2.50. The standard InChI is InChI=1S/C13H17ClN2OS/c1-8-4-5-16(12(8)7-17)9-2-3-10(13(15)18)11(14)6-9/h2-3,6,8,12,17H,4-5,7H2,1H3,(H2,15,18). The maximum absolute atomic E-state index is 9.46. The molecule has 1 aliphatic rings. The van der Waals surface area contributed by atoms with E-state index in [9.17, 15) is 5.11 Å². The molecular formula is C13H17ClN2OS. The van der Waals surface area contributed by atoms with E-state index in [4.69, 9.17) is 29.6 Å². The minimum absolute atomic E-state index is 0.163. The molecule has 0 spiro atoms. The highest BCUT2D eigenvalue weighted by molar-refractivity contribution is 7.80. The van der Waals surface area contributed by atoms with Crippen LogP contribution in [0.4, 0.5) is 5.69 Å². The summed E-state index contributed by atoms with van der Waals surface area (Å²) in [5, 5.41) is 10.0. The first-order chi connectivity index (χ1) is 8.54. The van der Waals surface area contributed by atoms with Gasteiger partial charge in [0.25, 0.3) is 0 Å². The smallest absolute Gasteiger partial charge is 0.105 e. The van der Waals surface area contributed by atoms with Crippen LogP contribution < -0.4 is 10.6 Å². The fraction of sp³-hybridized carbons (Fsp3) is 0.462. The molecule has 2 atom stereocenters. The van der Waals surface area contributed by atoms with Crippen molar-refractivity contribution in [3.8, 4) is 0 Å². The Labute approximate surface area is 118 Å². The van der Waals surface area contributed by atoms with Crippen molar-refractivity contribution < 1.29 is 5.11 Å². The second-order valence-corrected chi connectivity index (χ2v) is 5.58. The van der Waals surface area contributed by atoms with Crippen molar-refractivity contribution in [3.05, 3.63) is 28.8 Å². The van der Waals surface area contributed by atoms with Gasteiger partial charge >= 0.3 is 0 Å². The molecule has 0 aliphatic carbocycles. The average Bonchev–Trinajstić information content (AvgIpc) is 2.69. The van der Waals surface area contributed by atoms with Crippen LogP contribution in [0.2, 0.25) is 5.02 Å². The lowest BCUT2D eigenvalue weighted by Gasteiger charge is -2.27. The van der Waals surface area contributed by atoms with Crippen molar-refractivity contribution >= 4 is 34.5 Å². The van der Waals surface area contributed by atoms with Crippen LogP contribution in [0.25, 0.3) is 0 Å². The molecule has 0 bridgehead atoms. The Hall–Kier alpha value is -0.840. The SMILES string of the molecule is CC1CCN(c2ccc(C(N)=S)c(Cl)c2)C1CO. The highest BCUT2D eigenvalue weighted by atomic mass is 35.5. The third-order valence-electron chi connectivity index (χ3n) is 3.62. The largest absolute Gasteiger partial charge is 0.394 e. The monoisotopic (exact) mass is 284 g/mol. The summed E-state index contributed by atoms with van der Waals surface area (Å²) in [7, 11) is 0. The number of nitrogens with zero attached hydrogens (tertiary/aromatic N) is 1. The summed E-state index contributed by atoms with van der Waals surface area (Å²) < 4.78 is 0. The molecule has 3 nitrogen and oxygen atoms in total. The van der Waals surface area contributed by atoms with Crippen LogP contribution in [-0.4, -0.2) is 29.3 Å². The van der Waals surface area contributed by atoms with E-state index in [1.165, 1.54) is 0 Å². The second kappa shape index (κ2) is 5.43. The van der Waals surface area contributed by atoms with Gasteiger partial charge in [-0.05, 0) is 30.5 Å². The number of thiocarbonyl (C=S) groups is 1. The normalized spacial score (nSPS) is 23.4. The Bertz CT molecular complexity index is 466. The first kappa shape index (κ1) is 13.6. The summed E-state index contributed by atoms with van der Waals surface area (Å²) in [6.07, 6.45) is 1.08. The van der Waals surface area contributed by atoms with Gasteiger partial charge in [-0.15, -0.1) is 0 Å². The maximum atomic E-state index is 9.46. The lowest BCUT2D eigenvalue weighted by Crippen LogP contribution is -2.35. The van der Waals surface area contributed by atoms with Crippen molar-refractivity contribution in [2.24, 2.45) is 11.7 Å². The molecule has 1 aliphatic heterocycles. The van der Waals surface area contributed by atoms with Gasteiger partial charge in [0.2, 0.25) is 0 Å². The molecule has 0 radical (unpaired) electrons. The van der Waals surface area contributed by atoms with Crippen LogP contribution in [-0.2, 0) is 0 Å². The maximum Gasteiger partial charge on any atom is 0.105 e. The Balaban J connectivity index is 2.29. The van der Waals surface area contributed by atoms with Gasteiger partial charge in [0.15, 0.2) is 0 Å². The quantitative estimate of drug-likeness (QED) is 0.836. The third-order valence-corrected chi connectivity index (χ3v) is 4.15. The van der Waals surface area contributed by atoms with E-state index in [1.54, 1.807) is 0 Å². The Morgan fingerprint density at radius 1 is 1.61 bits per heavy atom. The fourth-order valence-electron chi connectivity index (χ4n) is 2.49. The van der Waals surface area contributed by atoms with Gasteiger partial charge in [0, 0.05) is 17.8 Å². The minimum atomic E-state index is 0.163. The summed E-state index contributed by atoms with van der Waals surface area (Å²) >= 11 is 11.1. The van der Waals surface area contributed by atoms with Gasteiger partial charge in [0.05, 0.1) is 17.7 Å². The molecule has 2 unspecified atom stereocenters. The van der Waals surface area contributed by atoms with Gasteiger partial charge in [-0.1, -0.05) is 30.7 Å². The van der Waals surface area contributed by atoms with E-state index in [0.717, 1.165) is 18.7 Å². The third kappa shape index (κ3) is 2.46. The van der Waals surface area contributed by atoms with Crippen LogP contribution in [0.3, 0.4) is 0 Å². The zero-order valence-electron chi connectivity index (χ0n) is 10.3. The number of rotatable bonds is 3. The average molecular weight is 285 g/mol. The molecule has 5 heteroatoms. The number of hydrogen-bond acceptors (Lipinski definition) is 3. The van der Waals surface area contributed by atoms with Crippen molar-refractivity contribution in [1.82, 2.24) is 0 Å². The molecule has 0 amide bonds. The van der Waals surface area contributed by atoms with E-state index in [0.29, 0.717) is 21.5 Å². The van der Waals surface area contributed by atoms with Gasteiger partial charge < -0.3 is 15.7 Å². The molecule has 18 heavy (non-hydrogen) atoms. The van der Waals surface area contributed by atoms with Crippen molar-refractivity contribution in [1.29, 1.82) is 0 Å². The predicted molar refractivity (Wildman–Crippen MR) is 79.3 cm³/mol. The predicted octanol–water partition coefficient (Wildman–Crippen LogP) is 2.18. The minimum Gasteiger partial charge on any atom is -0.394 e. The summed E-state index contributed by atoms with van der Waals surface area (Å²) in [5.41, 5.74) is 7.30. The van der Waals surface area contributed by atoms with E-state index in [2.05, 4.69) is 11.8 Å². The van der Waals surface area contributed by atoms with E-state index in [1.807, 2.05) is 18.2 Å². The van der Waals surface area contributed by atoms with E-state index in [-0.39, 0.29) is 12.6 Å². The van der Waals surface area contributed by atoms with Gasteiger partial charge in [-0.3, -0.25) is 0 Å². The van der Waals surface area contributed by atoms with Crippen LogP contribution in [0, 0.1) is 5.92 Å². The highest BCUT2D eigenvalue weighted by Crippen LogP contribution is 2.32. The Morgan fingerprint density at radius 3 is 2.89 bits per heavy atom. The van der Waals surface area contributed by atoms with Crippen molar-refractivity contribution in [3.63, 3.8) is 0 Å². The van der Waals surface area contributed by atoms with Crippen molar-refractivity contribution in [2.75, 3.05) is 18.1 Å². The molecule has 3 N–H and O–H groups in total. The van der Waals surface area contributed by atoms with Gasteiger partial charge in [-0.2, -0.15) is 0 Å². The molecular weight excluding hydrogens is 268 g/mol. The molecule has 0 saturated carbocycles. The lowest BCUT2D eigenvalue weighted by molar-refractivity contribution is 0.245. The molecule has 1 saturated heterocycles. The number of aliphatic hydroxyl groups excluding tert-OH is 1. The number of halogens is 1. The molecule has 0 aromatic heterocycles. The number of hydrogen-bond donors (Lipinski definition) is 2. The molecule has 1 aromatic carbocycles. The van der Waals surface area contributed by atoms with Gasteiger partial charge in [0.1, 0.15) is 4.99 Å². The highest BCUT2D eigenvalue weighted by Gasteiger charge is 2.30. The van der Waals surface area contributed by atoms with E-state index < -0.39 is 0 Å². The zero-order valence-corrected chi connectivity index (χ0v) is 11.8. The van der Waals surface area contributed by atoms with Crippen LogP contribution in [0.1, 0.15) is 18.9 Å². The molecule has 1 heterocycles. The fourth-order valence-corrected chi connectivity index (χ4v) is 3.00. The summed E-state index contributed by atoms with van der Waals surface area (Å²) in [6, 6.07) is 5.84. The Morgan fingerprint density at radius 2 is 2.33 bits per heavy atom. The topological polar surface area (TPSA) is 49.5 Å². The number of aliphatic hydroxyl groups is 1. The van der Waals surface area contributed by atoms with Crippen molar-refractivity contribution in [2.45, 2.75) is 19.4 Å². The summed E-state index contributed by atoms with van der Waals surface area (Å²) in [5.74, 6) is 0.490. The number of anilines is 1. The van der Waals surface area contributed by atoms with E-state index >= 15 is 0 Å². The van der Waals surface area contributed by atoms with Crippen LogP contribution >= 0.6 is 23.8 Å².